The molecule has 1 aliphatic rings. The molecule has 1 atom stereocenters. The van der Waals surface area contributed by atoms with Crippen molar-refractivity contribution in [2.24, 2.45) is 0 Å². The van der Waals surface area contributed by atoms with Crippen LogP contribution >= 0.6 is 0 Å². The van der Waals surface area contributed by atoms with Crippen LogP contribution in [0.15, 0.2) is 24.3 Å². The molecule has 1 N–H and O–H groups in total. The van der Waals surface area contributed by atoms with Gasteiger partial charge in [-0.25, -0.2) is 8.42 Å². The summed E-state index contributed by atoms with van der Waals surface area (Å²) in [5.74, 6) is 0.204. The molecule has 0 aliphatic heterocycles. The zero-order chi connectivity index (χ0) is 14.1. The summed E-state index contributed by atoms with van der Waals surface area (Å²) in [5.41, 5.74) is 2.72. The highest BCUT2D eigenvalue weighted by molar-refractivity contribution is 7.92. The molecule has 1 aliphatic carbocycles. The third kappa shape index (κ3) is 3.18. The molecule has 0 radical (unpaired) electrons. The van der Waals surface area contributed by atoms with Gasteiger partial charge in [-0.3, -0.25) is 0 Å². The van der Waals surface area contributed by atoms with Gasteiger partial charge in [0.25, 0.3) is 0 Å². The van der Waals surface area contributed by atoms with Crippen molar-refractivity contribution >= 4 is 9.84 Å². The van der Waals surface area contributed by atoms with E-state index in [4.69, 9.17) is 0 Å². The first kappa shape index (κ1) is 14.5. The molecule has 0 saturated heterocycles. The van der Waals surface area contributed by atoms with Crippen LogP contribution in [0.5, 0.6) is 0 Å². The number of fused-ring (bicyclic) bond motifs is 1. The SMILES string of the molecule is CC(C)(C)S(=O)(=O)CCNC1CCc2ccccc21. The van der Waals surface area contributed by atoms with Gasteiger partial charge in [-0.05, 0) is 44.7 Å². The monoisotopic (exact) mass is 281 g/mol. The summed E-state index contributed by atoms with van der Waals surface area (Å²) in [5, 5.41) is 3.39. The second-order valence-corrected chi connectivity index (χ2v) is 9.04. The Morgan fingerprint density at radius 2 is 1.95 bits per heavy atom. The van der Waals surface area contributed by atoms with Crippen molar-refractivity contribution in [1.29, 1.82) is 0 Å². The lowest BCUT2D eigenvalue weighted by Gasteiger charge is -2.20. The molecule has 4 heteroatoms. The van der Waals surface area contributed by atoms with Crippen LogP contribution in [-0.2, 0) is 16.3 Å². The van der Waals surface area contributed by atoms with Crippen LogP contribution in [0, 0.1) is 0 Å². The number of rotatable bonds is 4. The van der Waals surface area contributed by atoms with Crippen molar-refractivity contribution < 1.29 is 8.42 Å². The standard InChI is InChI=1S/C15H23NO2S/c1-15(2,3)19(17,18)11-10-16-14-9-8-12-6-4-5-7-13(12)14/h4-7,14,16H,8-11H2,1-3H3. The lowest BCUT2D eigenvalue weighted by atomic mass is 10.1. The summed E-state index contributed by atoms with van der Waals surface area (Å²) in [7, 11) is -3.03. The Balaban J connectivity index is 1.92. The minimum atomic E-state index is -3.03. The Kier molecular flexibility index (Phi) is 4.02. The van der Waals surface area contributed by atoms with Gasteiger partial charge < -0.3 is 5.32 Å². The molecule has 1 aromatic carbocycles. The summed E-state index contributed by atoms with van der Waals surface area (Å²) >= 11 is 0. The summed E-state index contributed by atoms with van der Waals surface area (Å²) in [6.07, 6.45) is 2.15. The van der Waals surface area contributed by atoms with E-state index in [0.717, 1.165) is 12.8 Å². The average Bonchev–Trinajstić information content (AvgIpc) is 2.71. The fourth-order valence-corrected chi connectivity index (χ4v) is 3.44. The zero-order valence-electron chi connectivity index (χ0n) is 11.9. The van der Waals surface area contributed by atoms with E-state index in [-0.39, 0.29) is 5.75 Å². The summed E-state index contributed by atoms with van der Waals surface area (Å²) in [6.45, 7) is 5.80. The molecule has 0 bridgehead atoms. The molecule has 106 valence electrons. The first-order chi connectivity index (χ1) is 8.81. The number of hydrogen-bond acceptors (Lipinski definition) is 3. The highest BCUT2D eigenvalue weighted by Gasteiger charge is 2.29. The molecule has 0 amide bonds. The molecule has 2 rings (SSSR count). The van der Waals surface area contributed by atoms with Crippen LogP contribution in [-0.4, -0.2) is 25.5 Å². The molecule has 0 spiro atoms. The van der Waals surface area contributed by atoms with Gasteiger partial charge in [0.2, 0.25) is 0 Å². The number of aryl methyl sites for hydroxylation is 1. The van der Waals surface area contributed by atoms with Gasteiger partial charge >= 0.3 is 0 Å². The fourth-order valence-electron chi connectivity index (χ4n) is 2.44. The van der Waals surface area contributed by atoms with Crippen LogP contribution in [0.2, 0.25) is 0 Å². The summed E-state index contributed by atoms with van der Waals surface area (Å²) in [6, 6.07) is 8.71. The van der Waals surface area contributed by atoms with E-state index >= 15 is 0 Å². The second-order valence-electron chi connectivity index (χ2n) is 6.18. The minimum Gasteiger partial charge on any atom is -0.309 e. The first-order valence-corrected chi connectivity index (χ1v) is 8.50. The number of sulfone groups is 1. The first-order valence-electron chi connectivity index (χ1n) is 6.85. The van der Waals surface area contributed by atoms with Gasteiger partial charge in [0.1, 0.15) is 0 Å². The normalized spacial score (nSPS) is 19.4. The van der Waals surface area contributed by atoms with E-state index < -0.39 is 14.6 Å². The Morgan fingerprint density at radius 3 is 2.63 bits per heavy atom. The van der Waals surface area contributed by atoms with E-state index in [1.54, 1.807) is 20.8 Å². The molecule has 0 aromatic heterocycles. The fraction of sp³-hybridized carbons (Fsp3) is 0.600. The van der Waals surface area contributed by atoms with Crippen LogP contribution < -0.4 is 5.32 Å². The van der Waals surface area contributed by atoms with E-state index in [0.29, 0.717) is 12.6 Å². The van der Waals surface area contributed by atoms with Crippen LogP contribution in [0.3, 0.4) is 0 Å². The van der Waals surface area contributed by atoms with Gasteiger partial charge in [0, 0.05) is 12.6 Å². The second kappa shape index (κ2) is 5.25. The third-order valence-corrected chi connectivity index (χ3v) is 6.44. The third-order valence-electron chi connectivity index (χ3n) is 3.83. The molecule has 1 aromatic rings. The van der Waals surface area contributed by atoms with Gasteiger partial charge in [0.05, 0.1) is 10.5 Å². The van der Waals surface area contributed by atoms with E-state index in [9.17, 15) is 8.42 Å². The van der Waals surface area contributed by atoms with E-state index in [2.05, 4.69) is 23.5 Å². The van der Waals surface area contributed by atoms with Gasteiger partial charge in [-0.2, -0.15) is 0 Å². The number of nitrogens with one attached hydrogen (secondary N) is 1. The molecule has 1 unspecified atom stereocenters. The molecule has 0 heterocycles. The Morgan fingerprint density at radius 1 is 1.26 bits per heavy atom. The lowest BCUT2D eigenvalue weighted by Crippen LogP contribution is -2.35. The maximum absolute atomic E-state index is 12.0. The van der Waals surface area contributed by atoms with Gasteiger partial charge in [0.15, 0.2) is 9.84 Å². The zero-order valence-corrected chi connectivity index (χ0v) is 12.8. The average molecular weight is 281 g/mol. The molecular formula is C15H23NO2S. The van der Waals surface area contributed by atoms with E-state index in [1.807, 2.05) is 6.07 Å². The van der Waals surface area contributed by atoms with Crippen LogP contribution in [0.4, 0.5) is 0 Å². The van der Waals surface area contributed by atoms with Crippen molar-refractivity contribution in [2.75, 3.05) is 12.3 Å². The van der Waals surface area contributed by atoms with E-state index in [1.165, 1.54) is 11.1 Å². The molecule has 0 saturated carbocycles. The highest BCUT2D eigenvalue weighted by atomic mass is 32.2. The van der Waals surface area contributed by atoms with Crippen LogP contribution in [0.25, 0.3) is 0 Å². The number of hydrogen-bond donors (Lipinski definition) is 1. The highest BCUT2D eigenvalue weighted by Crippen LogP contribution is 2.30. The molecule has 0 fully saturated rings. The largest absolute Gasteiger partial charge is 0.309 e. The predicted octanol–water partition coefficient (Wildman–Crippen LogP) is 2.48. The Labute approximate surface area is 116 Å². The quantitative estimate of drug-likeness (QED) is 0.922. The van der Waals surface area contributed by atoms with Crippen molar-refractivity contribution in [3.63, 3.8) is 0 Å². The van der Waals surface area contributed by atoms with Gasteiger partial charge in [-0.15, -0.1) is 0 Å². The Bertz CT molecular complexity index is 544. The Hall–Kier alpha value is -0.870. The predicted molar refractivity (Wildman–Crippen MR) is 79.0 cm³/mol. The topological polar surface area (TPSA) is 46.2 Å². The minimum absolute atomic E-state index is 0.204. The van der Waals surface area contributed by atoms with Crippen LogP contribution in [0.1, 0.15) is 44.4 Å². The summed E-state index contributed by atoms with van der Waals surface area (Å²) < 4.78 is 23.4. The van der Waals surface area contributed by atoms with Gasteiger partial charge in [-0.1, -0.05) is 24.3 Å². The number of benzene rings is 1. The molecule has 3 nitrogen and oxygen atoms in total. The molecule has 19 heavy (non-hydrogen) atoms. The maximum Gasteiger partial charge on any atom is 0.156 e. The lowest BCUT2D eigenvalue weighted by molar-refractivity contribution is 0.530. The van der Waals surface area contributed by atoms with Crippen molar-refractivity contribution in [3.05, 3.63) is 35.4 Å². The van der Waals surface area contributed by atoms with Crippen molar-refractivity contribution in [1.82, 2.24) is 5.32 Å². The van der Waals surface area contributed by atoms with Crippen molar-refractivity contribution in [2.45, 2.75) is 44.4 Å². The summed E-state index contributed by atoms with van der Waals surface area (Å²) in [4.78, 5) is 0. The maximum atomic E-state index is 12.0. The smallest absolute Gasteiger partial charge is 0.156 e. The molecular weight excluding hydrogens is 258 g/mol. The van der Waals surface area contributed by atoms with Crippen molar-refractivity contribution in [3.8, 4) is 0 Å².